The van der Waals surface area contributed by atoms with Gasteiger partial charge in [0.1, 0.15) is 0 Å². The molecular formula is C10H20N2O4S. The molecule has 1 atom stereocenters. The summed E-state index contributed by atoms with van der Waals surface area (Å²) < 4.78 is 26.7. The first-order chi connectivity index (χ1) is 7.89. The standard InChI is InChI=1S/C10H20N2O4S/c1-3-4-6-11(2)17(15,16)12-7-5-9(8-12)10(13)14/h9H,3-8H2,1-2H3,(H,13,14)/t9-/m1/s1. The largest absolute Gasteiger partial charge is 0.481 e. The van der Waals surface area contributed by atoms with Gasteiger partial charge in [-0.3, -0.25) is 4.79 Å². The lowest BCUT2D eigenvalue weighted by molar-refractivity contribution is -0.141. The summed E-state index contributed by atoms with van der Waals surface area (Å²) in [5, 5.41) is 8.84. The number of aliphatic carboxylic acids is 1. The summed E-state index contributed by atoms with van der Waals surface area (Å²) in [6.07, 6.45) is 2.14. The minimum atomic E-state index is -3.47. The molecule has 1 fully saturated rings. The number of hydrogen-bond donors (Lipinski definition) is 1. The minimum absolute atomic E-state index is 0.0914. The Bertz CT molecular complexity index is 369. The van der Waals surface area contributed by atoms with Crippen LogP contribution >= 0.6 is 0 Å². The van der Waals surface area contributed by atoms with Crippen LogP contribution in [-0.4, -0.2) is 54.8 Å². The van der Waals surface area contributed by atoms with Crippen molar-refractivity contribution in [3.05, 3.63) is 0 Å². The molecule has 0 aromatic rings. The van der Waals surface area contributed by atoms with Gasteiger partial charge in [-0.25, -0.2) is 0 Å². The summed E-state index contributed by atoms with van der Waals surface area (Å²) in [6, 6.07) is 0. The van der Waals surface area contributed by atoms with Gasteiger partial charge in [0.05, 0.1) is 5.92 Å². The van der Waals surface area contributed by atoms with Crippen molar-refractivity contribution in [2.75, 3.05) is 26.7 Å². The normalized spacial score (nSPS) is 22.2. The number of carboxylic acids is 1. The zero-order valence-electron chi connectivity index (χ0n) is 10.3. The van der Waals surface area contributed by atoms with Crippen molar-refractivity contribution in [3.8, 4) is 0 Å². The van der Waals surface area contributed by atoms with E-state index in [0.717, 1.165) is 12.8 Å². The highest BCUT2D eigenvalue weighted by Gasteiger charge is 2.36. The molecule has 0 aromatic carbocycles. The van der Waals surface area contributed by atoms with Crippen LogP contribution in [0.5, 0.6) is 0 Å². The zero-order valence-corrected chi connectivity index (χ0v) is 11.1. The van der Waals surface area contributed by atoms with Crippen LogP contribution in [0.3, 0.4) is 0 Å². The van der Waals surface area contributed by atoms with Gasteiger partial charge in [0.15, 0.2) is 0 Å². The van der Waals surface area contributed by atoms with Gasteiger partial charge in [-0.15, -0.1) is 0 Å². The van der Waals surface area contributed by atoms with Gasteiger partial charge in [0, 0.05) is 26.7 Å². The maximum absolute atomic E-state index is 12.1. The van der Waals surface area contributed by atoms with Crippen molar-refractivity contribution in [1.82, 2.24) is 8.61 Å². The predicted molar refractivity (Wildman–Crippen MR) is 63.8 cm³/mol. The smallest absolute Gasteiger partial charge is 0.307 e. The second-order valence-corrected chi connectivity index (χ2v) is 6.40. The van der Waals surface area contributed by atoms with E-state index in [0.29, 0.717) is 19.5 Å². The van der Waals surface area contributed by atoms with E-state index in [-0.39, 0.29) is 6.54 Å². The number of rotatable bonds is 6. The van der Waals surface area contributed by atoms with E-state index in [1.165, 1.54) is 8.61 Å². The lowest BCUT2D eigenvalue weighted by Crippen LogP contribution is -2.41. The molecule has 0 amide bonds. The van der Waals surface area contributed by atoms with E-state index in [4.69, 9.17) is 5.11 Å². The predicted octanol–water partition coefficient (Wildman–Crippen LogP) is 0.370. The van der Waals surface area contributed by atoms with Gasteiger partial charge in [0.2, 0.25) is 0 Å². The average molecular weight is 264 g/mol. The highest BCUT2D eigenvalue weighted by atomic mass is 32.2. The summed E-state index contributed by atoms with van der Waals surface area (Å²) in [4.78, 5) is 10.8. The summed E-state index contributed by atoms with van der Waals surface area (Å²) in [6.45, 7) is 2.87. The summed E-state index contributed by atoms with van der Waals surface area (Å²) in [5.74, 6) is -1.48. The van der Waals surface area contributed by atoms with E-state index < -0.39 is 22.1 Å². The monoisotopic (exact) mass is 264 g/mol. The highest BCUT2D eigenvalue weighted by molar-refractivity contribution is 7.86. The molecule has 6 nitrogen and oxygen atoms in total. The molecule has 0 aromatic heterocycles. The van der Waals surface area contributed by atoms with E-state index in [2.05, 4.69) is 0 Å². The summed E-state index contributed by atoms with van der Waals surface area (Å²) >= 11 is 0. The van der Waals surface area contributed by atoms with E-state index >= 15 is 0 Å². The van der Waals surface area contributed by atoms with Gasteiger partial charge in [-0.05, 0) is 12.8 Å². The Balaban J connectivity index is 2.63. The fraction of sp³-hybridized carbons (Fsp3) is 0.900. The first-order valence-electron chi connectivity index (χ1n) is 5.83. The fourth-order valence-corrected chi connectivity index (χ4v) is 3.29. The Morgan fingerprint density at radius 3 is 2.65 bits per heavy atom. The van der Waals surface area contributed by atoms with Crippen LogP contribution in [0, 0.1) is 5.92 Å². The first-order valence-corrected chi connectivity index (χ1v) is 7.23. The van der Waals surface area contributed by atoms with Crippen molar-refractivity contribution in [3.63, 3.8) is 0 Å². The van der Waals surface area contributed by atoms with Crippen molar-refractivity contribution < 1.29 is 18.3 Å². The minimum Gasteiger partial charge on any atom is -0.481 e. The third-order valence-electron chi connectivity index (χ3n) is 3.05. The third-order valence-corrected chi connectivity index (χ3v) is 5.00. The van der Waals surface area contributed by atoms with Crippen molar-refractivity contribution in [2.24, 2.45) is 5.92 Å². The van der Waals surface area contributed by atoms with Gasteiger partial charge in [-0.1, -0.05) is 13.3 Å². The molecule has 1 aliphatic heterocycles. The second-order valence-electron chi connectivity index (χ2n) is 4.36. The van der Waals surface area contributed by atoms with Crippen LogP contribution in [-0.2, 0) is 15.0 Å². The molecular weight excluding hydrogens is 244 g/mol. The van der Waals surface area contributed by atoms with Crippen LogP contribution in [0.2, 0.25) is 0 Å². The van der Waals surface area contributed by atoms with Crippen molar-refractivity contribution in [1.29, 1.82) is 0 Å². The maximum Gasteiger partial charge on any atom is 0.307 e. The Labute approximate surface area is 102 Å². The van der Waals surface area contributed by atoms with Crippen LogP contribution < -0.4 is 0 Å². The molecule has 0 unspecified atom stereocenters. The fourth-order valence-electron chi connectivity index (χ4n) is 1.83. The third kappa shape index (κ3) is 3.40. The van der Waals surface area contributed by atoms with Crippen molar-refractivity contribution in [2.45, 2.75) is 26.2 Å². The Hall–Kier alpha value is -0.660. The molecule has 1 heterocycles. The molecule has 0 bridgehead atoms. The molecule has 0 saturated carbocycles. The number of hydrogen-bond acceptors (Lipinski definition) is 3. The molecule has 7 heteroatoms. The first kappa shape index (κ1) is 14.4. The lowest BCUT2D eigenvalue weighted by Gasteiger charge is -2.23. The Morgan fingerprint density at radius 2 is 2.18 bits per heavy atom. The number of nitrogens with zero attached hydrogens (tertiary/aromatic N) is 2. The molecule has 0 radical (unpaired) electrons. The molecule has 100 valence electrons. The quantitative estimate of drug-likeness (QED) is 0.752. The van der Waals surface area contributed by atoms with E-state index in [9.17, 15) is 13.2 Å². The topological polar surface area (TPSA) is 77.9 Å². The van der Waals surface area contributed by atoms with Gasteiger partial charge in [-0.2, -0.15) is 17.0 Å². The van der Waals surface area contributed by atoms with E-state index in [1.54, 1.807) is 7.05 Å². The second kappa shape index (κ2) is 5.79. The molecule has 0 spiro atoms. The van der Waals surface area contributed by atoms with E-state index in [1.807, 2.05) is 6.92 Å². The Morgan fingerprint density at radius 1 is 1.53 bits per heavy atom. The van der Waals surface area contributed by atoms with Gasteiger partial charge in [0.25, 0.3) is 10.2 Å². The number of carboxylic acid groups (broad SMARTS) is 1. The maximum atomic E-state index is 12.1. The van der Waals surface area contributed by atoms with Crippen LogP contribution in [0.4, 0.5) is 0 Å². The number of carbonyl (C=O) groups is 1. The van der Waals surface area contributed by atoms with Gasteiger partial charge >= 0.3 is 5.97 Å². The average Bonchev–Trinajstić information content (AvgIpc) is 2.75. The van der Waals surface area contributed by atoms with Crippen molar-refractivity contribution >= 4 is 16.2 Å². The lowest BCUT2D eigenvalue weighted by atomic mass is 10.1. The highest BCUT2D eigenvalue weighted by Crippen LogP contribution is 2.21. The molecule has 17 heavy (non-hydrogen) atoms. The molecule has 1 N–H and O–H groups in total. The zero-order chi connectivity index (χ0) is 13.1. The number of unbranched alkanes of at least 4 members (excludes halogenated alkanes) is 1. The van der Waals surface area contributed by atoms with Crippen LogP contribution in [0.15, 0.2) is 0 Å². The molecule has 1 aliphatic rings. The van der Waals surface area contributed by atoms with Crippen LogP contribution in [0.25, 0.3) is 0 Å². The molecule has 0 aliphatic carbocycles. The molecule has 1 saturated heterocycles. The molecule has 1 rings (SSSR count). The van der Waals surface area contributed by atoms with Crippen LogP contribution in [0.1, 0.15) is 26.2 Å². The summed E-state index contributed by atoms with van der Waals surface area (Å²) in [5.41, 5.74) is 0. The SMILES string of the molecule is CCCCN(C)S(=O)(=O)N1CC[C@@H](C(=O)O)C1. The van der Waals surface area contributed by atoms with Gasteiger partial charge < -0.3 is 5.11 Å². The summed E-state index contributed by atoms with van der Waals surface area (Å²) in [7, 11) is -1.93. The Kier molecular flexibility index (Phi) is 4.91.